The molecule has 1 unspecified atom stereocenters. The summed E-state index contributed by atoms with van der Waals surface area (Å²) < 4.78 is 54.5. The van der Waals surface area contributed by atoms with Crippen molar-refractivity contribution in [3.63, 3.8) is 0 Å². The highest BCUT2D eigenvalue weighted by Crippen LogP contribution is 2.38. The van der Waals surface area contributed by atoms with E-state index in [2.05, 4.69) is 0 Å². The van der Waals surface area contributed by atoms with Crippen LogP contribution in [0.4, 0.5) is 18.9 Å². The first kappa shape index (κ1) is 22.7. The summed E-state index contributed by atoms with van der Waals surface area (Å²) in [6.45, 7) is 0. The largest absolute Gasteiger partial charge is 0.456 e. The average molecular weight is 465 g/mol. The van der Waals surface area contributed by atoms with Gasteiger partial charge in [0.15, 0.2) is 6.07 Å². The van der Waals surface area contributed by atoms with E-state index in [9.17, 15) is 28.5 Å². The number of hydrogen-bond donors (Lipinski definition) is 0. The highest BCUT2D eigenvalue weighted by atomic mass is 35.5. The second-order valence-electron chi connectivity index (χ2n) is 6.14. The Morgan fingerprint density at radius 3 is 2.28 bits per heavy atom. The number of ether oxygens (including phenoxy) is 3. The van der Waals surface area contributed by atoms with Crippen LogP contribution in [0.5, 0.6) is 23.0 Å². The third-order valence-corrected chi connectivity index (χ3v) is 4.24. The summed E-state index contributed by atoms with van der Waals surface area (Å²) in [5.41, 5.74) is -1.44. The highest BCUT2D eigenvalue weighted by molar-refractivity contribution is 6.32. The molecule has 0 saturated carbocycles. The minimum atomic E-state index is -4.58. The van der Waals surface area contributed by atoms with E-state index in [1.165, 1.54) is 6.07 Å². The molecule has 0 aliphatic rings. The van der Waals surface area contributed by atoms with Gasteiger partial charge in [-0.25, -0.2) is 0 Å². The molecule has 0 aliphatic carbocycles. The standard InChI is InChI=1S/C21H12ClF3N2O5/c22-16-10-13(21(23,24)25)6-9-18(16)30-15-7-8-17(27(28)29)19(11-15)32-20(12-26)31-14-4-2-1-3-5-14/h1-11,20H. The summed E-state index contributed by atoms with van der Waals surface area (Å²) >= 11 is 5.88. The predicted octanol–water partition coefficient (Wildman–Crippen LogP) is 6.37. The quantitative estimate of drug-likeness (QED) is 0.229. The number of hydrogen-bond acceptors (Lipinski definition) is 6. The van der Waals surface area contributed by atoms with E-state index in [1.807, 2.05) is 0 Å². The average Bonchev–Trinajstić information content (AvgIpc) is 2.74. The molecule has 1 atom stereocenters. The zero-order chi connectivity index (χ0) is 23.3. The van der Waals surface area contributed by atoms with Crippen molar-refractivity contribution >= 4 is 17.3 Å². The lowest BCUT2D eigenvalue weighted by molar-refractivity contribution is -0.386. The van der Waals surface area contributed by atoms with Gasteiger partial charge in [0.2, 0.25) is 5.75 Å². The van der Waals surface area contributed by atoms with Crippen LogP contribution in [-0.2, 0) is 6.18 Å². The van der Waals surface area contributed by atoms with E-state index in [0.717, 1.165) is 24.3 Å². The van der Waals surface area contributed by atoms with Crippen LogP contribution in [0, 0.1) is 21.4 Å². The molecule has 0 radical (unpaired) electrons. The number of nitriles is 1. The van der Waals surface area contributed by atoms with E-state index in [-0.39, 0.29) is 22.3 Å². The fraction of sp³-hybridized carbons (Fsp3) is 0.0952. The molecular formula is C21H12ClF3N2O5. The fourth-order valence-corrected chi connectivity index (χ4v) is 2.72. The van der Waals surface area contributed by atoms with Crippen LogP contribution in [0.25, 0.3) is 0 Å². The maximum atomic E-state index is 12.8. The molecule has 3 rings (SSSR count). The highest BCUT2D eigenvalue weighted by Gasteiger charge is 2.31. The zero-order valence-corrected chi connectivity index (χ0v) is 16.6. The lowest BCUT2D eigenvalue weighted by Gasteiger charge is -2.15. The third kappa shape index (κ3) is 5.59. The van der Waals surface area contributed by atoms with Crippen molar-refractivity contribution in [3.05, 3.63) is 87.4 Å². The minimum Gasteiger partial charge on any atom is -0.456 e. The van der Waals surface area contributed by atoms with Crippen molar-refractivity contribution in [2.75, 3.05) is 0 Å². The number of halogens is 4. The van der Waals surface area contributed by atoms with Crippen molar-refractivity contribution in [1.82, 2.24) is 0 Å². The van der Waals surface area contributed by atoms with E-state index in [1.54, 1.807) is 36.4 Å². The number of benzene rings is 3. The Hall–Kier alpha value is -3.97. The molecule has 11 heteroatoms. The van der Waals surface area contributed by atoms with Gasteiger partial charge in [-0.05, 0) is 36.4 Å². The van der Waals surface area contributed by atoms with E-state index in [0.29, 0.717) is 11.8 Å². The molecule has 0 heterocycles. The SMILES string of the molecule is N#CC(Oc1ccccc1)Oc1cc(Oc2ccc(C(F)(F)F)cc2Cl)ccc1[N+](=O)[O-]. The second-order valence-corrected chi connectivity index (χ2v) is 6.55. The van der Waals surface area contributed by atoms with Gasteiger partial charge in [-0.2, -0.15) is 18.4 Å². The molecule has 3 aromatic rings. The van der Waals surface area contributed by atoms with Crippen LogP contribution < -0.4 is 14.2 Å². The Balaban J connectivity index is 1.86. The Bertz CT molecular complexity index is 1170. The number of para-hydroxylation sites is 1. The Morgan fingerprint density at radius 1 is 0.969 bits per heavy atom. The van der Waals surface area contributed by atoms with Crippen molar-refractivity contribution in [1.29, 1.82) is 5.26 Å². The summed E-state index contributed by atoms with van der Waals surface area (Å²) in [6, 6.07) is 15.8. The first-order chi connectivity index (χ1) is 15.2. The van der Waals surface area contributed by atoms with Crippen LogP contribution in [-0.4, -0.2) is 11.2 Å². The summed E-state index contributed by atoms with van der Waals surface area (Å²) in [5, 5.41) is 20.3. The van der Waals surface area contributed by atoms with Gasteiger partial charge in [-0.3, -0.25) is 10.1 Å². The Labute approximate surface area is 184 Å². The van der Waals surface area contributed by atoms with Gasteiger partial charge >= 0.3 is 18.2 Å². The van der Waals surface area contributed by atoms with Crippen molar-refractivity contribution in [2.24, 2.45) is 0 Å². The summed E-state index contributed by atoms with van der Waals surface area (Å²) in [6.07, 6.45) is -6.11. The number of rotatable bonds is 7. The number of nitrogens with zero attached hydrogens (tertiary/aromatic N) is 2. The molecule has 0 saturated heterocycles. The molecule has 0 aromatic heterocycles. The maximum absolute atomic E-state index is 12.8. The van der Waals surface area contributed by atoms with Gasteiger partial charge in [0.05, 0.1) is 15.5 Å². The number of nitro benzene ring substituents is 1. The van der Waals surface area contributed by atoms with E-state index >= 15 is 0 Å². The molecule has 3 aromatic carbocycles. The first-order valence-electron chi connectivity index (χ1n) is 8.78. The van der Waals surface area contributed by atoms with Crippen molar-refractivity contribution in [2.45, 2.75) is 12.5 Å². The smallest absolute Gasteiger partial charge is 0.416 e. The van der Waals surface area contributed by atoms with Crippen LogP contribution in [0.15, 0.2) is 66.7 Å². The lowest BCUT2D eigenvalue weighted by atomic mass is 10.2. The lowest BCUT2D eigenvalue weighted by Crippen LogP contribution is -2.22. The molecule has 0 aliphatic heterocycles. The Morgan fingerprint density at radius 2 is 1.69 bits per heavy atom. The normalized spacial score (nSPS) is 11.8. The van der Waals surface area contributed by atoms with Crippen LogP contribution in [0.2, 0.25) is 5.02 Å². The monoisotopic (exact) mass is 464 g/mol. The molecule has 164 valence electrons. The van der Waals surface area contributed by atoms with Crippen LogP contribution >= 0.6 is 11.6 Å². The molecule has 7 nitrogen and oxygen atoms in total. The molecule has 32 heavy (non-hydrogen) atoms. The molecular weight excluding hydrogens is 453 g/mol. The summed E-state index contributed by atoms with van der Waals surface area (Å²) in [7, 11) is 0. The fourth-order valence-electron chi connectivity index (χ4n) is 2.50. The van der Waals surface area contributed by atoms with Crippen molar-refractivity contribution in [3.8, 4) is 29.1 Å². The van der Waals surface area contributed by atoms with Gasteiger partial charge in [0, 0.05) is 12.1 Å². The van der Waals surface area contributed by atoms with E-state index < -0.39 is 28.6 Å². The van der Waals surface area contributed by atoms with Gasteiger partial charge in [0.25, 0.3) is 0 Å². The van der Waals surface area contributed by atoms with Gasteiger partial charge in [-0.15, -0.1) is 0 Å². The van der Waals surface area contributed by atoms with Crippen molar-refractivity contribution < 1.29 is 32.3 Å². The number of alkyl halides is 3. The third-order valence-electron chi connectivity index (χ3n) is 3.94. The number of nitro groups is 1. The molecule has 0 fully saturated rings. The predicted molar refractivity (Wildman–Crippen MR) is 107 cm³/mol. The summed E-state index contributed by atoms with van der Waals surface area (Å²) in [5.74, 6) is -0.191. The Kier molecular flexibility index (Phi) is 6.70. The van der Waals surface area contributed by atoms with Crippen LogP contribution in [0.3, 0.4) is 0 Å². The van der Waals surface area contributed by atoms with Gasteiger partial charge in [0.1, 0.15) is 17.2 Å². The summed E-state index contributed by atoms with van der Waals surface area (Å²) in [4.78, 5) is 10.6. The minimum absolute atomic E-state index is 0.0244. The van der Waals surface area contributed by atoms with Gasteiger partial charge < -0.3 is 14.2 Å². The first-order valence-corrected chi connectivity index (χ1v) is 9.16. The van der Waals surface area contributed by atoms with E-state index in [4.69, 9.17) is 25.8 Å². The topological polar surface area (TPSA) is 94.6 Å². The molecule has 0 N–H and O–H groups in total. The molecule has 0 bridgehead atoms. The maximum Gasteiger partial charge on any atom is 0.416 e. The molecule has 0 spiro atoms. The zero-order valence-electron chi connectivity index (χ0n) is 15.9. The van der Waals surface area contributed by atoms with Gasteiger partial charge in [-0.1, -0.05) is 29.8 Å². The van der Waals surface area contributed by atoms with Crippen LogP contribution in [0.1, 0.15) is 5.56 Å². The second kappa shape index (κ2) is 9.45. The molecule has 0 amide bonds.